The summed E-state index contributed by atoms with van der Waals surface area (Å²) in [5.74, 6) is -0.263. The number of hydrogen-bond donors (Lipinski definition) is 1. The summed E-state index contributed by atoms with van der Waals surface area (Å²) in [6.45, 7) is 2.19. The van der Waals surface area contributed by atoms with Crippen molar-refractivity contribution in [3.05, 3.63) is 30.1 Å². The number of ether oxygens (including phenoxy) is 1. The fourth-order valence-corrected chi connectivity index (χ4v) is 1.06. The number of hydrogen-bond acceptors (Lipinski definition) is 4. The molecule has 1 rings (SSSR count). The summed E-state index contributed by atoms with van der Waals surface area (Å²) in [5, 5.41) is 3.04. The van der Waals surface area contributed by atoms with Gasteiger partial charge in [0.05, 0.1) is 13.7 Å². The molecule has 0 radical (unpaired) electrons. The smallest absolute Gasteiger partial charge is 0.319 e. The van der Waals surface area contributed by atoms with E-state index in [4.69, 9.17) is 0 Å². The molecule has 14 heavy (non-hydrogen) atoms. The monoisotopic (exact) mass is 194 g/mol. The molecule has 0 aromatic carbocycles. The predicted molar refractivity (Wildman–Crippen MR) is 52.7 cm³/mol. The minimum Gasteiger partial charge on any atom is -0.468 e. The van der Waals surface area contributed by atoms with Crippen LogP contribution >= 0.6 is 0 Å². The summed E-state index contributed by atoms with van der Waals surface area (Å²) in [6.07, 6.45) is 3.49. The van der Waals surface area contributed by atoms with Crippen LogP contribution in [0.2, 0.25) is 0 Å². The van der Waals surface area contributed by atoms with Crippen LogP contribution in [0.15, 0.2) is 24.5 Å². The molecule has 76 valence electrons. The third-order valence-electron chi connectivity index (χ3n) is 1.96. The molecule has 1 atom stereocenters. The molecule has 1 N–H and O–H groups in total. The number of pyridine rings is 1. The maximum absolute atomic E-state index is 10.8. The zero-order valence-electron chi connectivity index (χ0n) is 8.36. The normalized spacial score (nSPS) is 12.1. The number of esters is 1. The van der Waals surface area contributed by atoms with Gasteiger partial charge in [-0.3, -0.25) is 9.78 Å². The molecule has 0 aliphatic carbocycles. The van der Waals surface area contributed by atoms with Crippen molar-refractivity contribution < 1.29 is 9.53 Å². The molecule has 4 heteroatoms. The predicted octanol–water partition coefficient (Wildman–Crippen LogP) is 0.905. The van der Waals surface area contributed by atoms with Crippen molar-refractivity contribution >= 4 is 5.97 Å². The molecule has 0 aliphatic heterocycles. The number of carbonyl (C=O) groups is 1. The van der Waals surface area contributed by atoms with Gasteiger partial charge in [-0.15, -0.1) is 0 Å². The molecule has 0 saturated carbocycles. The van der Waals surface area contributed by atoms with Crippen LogP contribution in [0.3, 0.4) is 0 Å². The standard InChI is InChI=1S/C10H14N2O2/c1-8(12-7-10(13)14-2)9-4-3-5-11-6-9/h3-6,8,12H,7H2,1-2H3/t8-/m0/s1. The van der Waals surface area contributed by atoms with Gasteiger partial charge < -0.3 is 10.1 Å². The van der Waals surface area contributed by atoms with E-state index in [1.807, 2.05) is 19.1 Å². The van der Waals surface area contributed by atoms with Crippen LogP contribution in [0, 0.1) is 0 Å². The van der Waals surface area contributed by atoms with Crippen molar-refractivity contribution in [1.29, 1.82) is 0 Å². The SMILES string of the molecule is COC(=O)CN[C@@H](C)c1cccnc1. The van der Waals surface area contributed by atoms with E-state index in [2.05, 4.69) is 15.0 Å². The van der Waals surface area contributed by atoms with E-state index in [9.17, 15) is 4.79 Å². The molecule has 1 aromatic heterocycles. The van der Waals surface area contributed by atoms with Crippen molar-refractivity contribution in [1.82, 2.24) is 10.3 Å². The Balaban J connectivity index is 2.43. The molecule has 0 fully saturated rings. The van der Waals surface area contributed by atoms with Crippen LogP contribution in [0.25, 0.3) is 0 Å². The second-order valence-electron chi connectivity index (χ2n) is 2.97. The number of carbonyl (C=O) groups excluding carboxylic acids is 1. The zero-order chi connectivity index (χ0) is 10.4. The molecule has 1 aromatic rings. The summed E-state index contributed by atoms with van der Waals surface area (Å²) < 4.78 is 4.52. The minimum absolute atomic E-state index is 0.0998. The highest BCUT2D eigenvalue weighted by atomic mass is 16.5. The van der Waals surface area contributed by atoms with Gasteiger partial charge in [0.1, 0.15) is 0 Å². The first-order valence-electron chi connectivity index (χ1n) is 4.44. The molecular formula is C10H14N2O2. The Bertz CT molecular complexity index is 287. The molecule has 1 heterocycles. The number of methoxy groups -OCH3 is 1. The first kappa shape index (κ1) is 10.7. The van der Waals surface area contributed by atoms with Crippen LogP contribution < -0.4 is 5.32 Å². The van der Waals surface area contributed by atoms with Crippen molar-refractivity contribution in [3.63, 3.8) is 0 Å². The van der Waals surface area contributed by atoms with Crippen LogP contribution in [0.5, 0.6) is 0 Å². The van der Waals surface area contributed by atoms with E-state index in [1.54, 1.807) is 12.4 Å². The van der Waals surface area contributed by atoms with E-state index < -0.39 is 0 Å². The molecule has 0 saturated heterocycles. The zero-order valence-corrected chi connectivity index (χ0v) is 8.36. The van der Waals surface area contributed by atoms with Crippen LogP contribution in [0.1, 0.15) is 18.5 Å². The molecule has 4 nitrogen and oxygen atoms in total. The van der Waals surface area contributed by atoms with Gasteiger partial charge in [-0.1, -0.05) is 6.07 Å². The van der Waals surface area contributed by atoms with Gasteiger partial charge in [0, 0.05) is 18.4 Å². The number of rotatable bonds is 4. The highest BCUT2D eigenvalue weighted by Gasteiger charge is 2.06. The molecule has 0 unspecified atom stereocenters. The summed E-state index contributed by atoms with van der Waals surface area (Å²) in [4.78, 5) is 14.8. The Kier molecular flexibility index (Phi) is 4.07. The van der Waals surface area contributed by atoms with Crippen molar-refractivity contribution in [2.24, 2.45) is 0 Å². The van der Waals surface area contributed by atoms with Crippen LogP contribution in [-0.2, 0) is 9.53 Å². The van der Waals surface area contributed by atoms with Gasteiger partial charge >= 0.3 is 5.97 Å². The van der Waals surface area contributed by atoms with Gasteiger partial charge in [-0.2, -0.15) is 0 Å². The lowest BCUT2D eigenvalue weighted by molar-refractivity contribution is -0.139. The molecule has 0 aliphatic rings. The Morgan fingerprint density at radius 2 is 2.50 bits per heavy atom. The van der Waals surface area contributed by atoms with E-state index in [1.165, 1.54) is 7.11 Å². The molecule has 0 amide bonds. The van der Waals surface area contributed by atoms with Gasteiger partial charge in [0.2, 0.25) is 0 Å². The first-order chi connectivity index (χ1) is 6.74. The van der Waals surface area contributed by atoms with Crippen molar-refractivity contribution in [2.75, 3.05) is 13.7 Å². The third kappa shape index (κ3) is 3.14. The number of aromatic nitrogens is 1. The Morgan fingerprint density at radius 3 is 3.07 bits per heavy atom. The molecule has 0 bridgehead atoms. The quantitative estimate of drug-likeness (QED) is 0.724. The maximum atomic E-state index is 10.8. The summed E-state index contributed by atoms with van der Waals surface area (Å²) in [5.41, 5.74) is 1.05. The largest absolute Gasteiger partial charge is 0.468 e. The Labute approximate surface area is 83.3 Å². The lowest BCUT2D eigenvalue weighted by Crippen LogP contribution is -2.26. The van der Waals surface area contributed by atoms with E-state index in [0.29, 0.717) is 0 Å². The lowest BCUT2D eigenvalue weighted by atomic mass is 10.1. The average molecular weight is 194 g/mol. The molecule has 0 spiro atoms. The van der Waals surface area contributed by atoms with E-state index in [0.717, 1.165) is 5.56 Å². The van der Waals surface area contributed by atoms with Crippen molar-refractivity contribution in [3.8, 4) is 0 Å². The fraction of sp³-hybridized carbons (Fsp3) is 0.400. The van der Waals surface area contributed by atoms with E-state index >= 15 is 0 Å². The van der Waals surface area contributed by atoms with Gasteiger partial charge in [-0.25, -0.2) is 0 Å². The second-order valence-corrected chi connectivity index (χ2v) is 2.97. The van der Waals surface area contributed by atoms with Gasteiger partial charge in [0.15, 0.2) is 0 Å². The van der Waals surface area contributed by atoms with E-state index in [-0.39, 0.29) is 18.6 Å². The fourth-order valence-electron chi connectivity index (χ4n) is 1.06. The number of nitrogens with zero attached hydrogens (tertiary/aromatic N) is 1. The number of nitrogens with one attached hydrogen (secondary N) is 1. The second kappa shape index (κ2) is 5.34. The average Bonchev–Trinajstić information content (AvgIpc) is 2.26. The topological polar surface area (TPSA) is 51.2 Å². The van der Waals surface area contributed by atoms with Crippen molar-refractivity contribution in [2.45, 2.75) is 13.0 Å². The highest BCUT2D eigenvalue weighted by Crippen LogP contribution is 2.08. The summed E-state index contributed by atoms with van der Waals surface area (Å²) >= 11 is 0. The van der Waals surface area contributed by atoms with Crippen LogP contribution in [0.4, 0.5) is 0 Å². The Hall–Kier alpha value is -1.42. The molecular weight excluding hydrogens is 180 g/mol. The Morgan fingerprint density at radius 1 is 1.71 bits per heavy atom. The summed E-state index contributed by atoms with van der Waals surface area (Å²) in [7, 11) is 1.37. The first-order valence-corrected chi connectivity index (χ1v) is 4.44. The third-order valence-corrected chi connectivity index (χ3v) is 1.96. The minimum atomic E-state index is -0.263. The van der Waals surface area contributed by atoms with Crippen LogP contribution in [-0.4, -0.2) is 24.6 Å². The highest BCUT2D eigenvalue weighted by molar-refractivity contribution is 5.71. The summed E-state index contributed by atoms with van der Waals surface area (Å²) in [6, 6.07) is 3.93. The van der Waals surface area contributed by atoms with Gasteiger partial charge in [0.25, 0.3) is 0 Å². The van der Waals surface area contributed by atoms with Gasteiger partial charge in [-0.05, 0) is 18.6 Å². The maximum Gasteiger partial charge on any atom is 0.319 e. The lowest BCUT2D eigenvalue weighted by Gasteiger charge is -2.12.